The number of fused-ring (bicyclic) bond motifs is 1. The third kappa shape index (κ3) is 3.11. The van der Waals surface area contributed by atoms with Gasteiger partial charge in [0.25, 0.3) is 0 Å². The van der Waals surface area contributed by atoms with Gasteiger partial charge < -0.3 is 10.0 Å². The minimum absolute atomic E-state index is 0.194. The van der Waals surface area contributed by atoms with E-state index >= 15 is 0 Å². The van der Waals surface area contributed by atoms with Crippen LogP contribution in [0.3, 0.4) is 0 Å². The standard InChI is InChI=1S/C17H17BrFNO/c18-13-7-8-15(19)12(10-13)11-20-9-3-6-17(21)14-4-1-2-5-16(14)20/h1-2,4-5,7-8,10,17,21H,3,6,9,11H2. The number of benzene rings is 2. The van der Waals surface area contributed by atoms with Gasteiger partial charge in [-0.05, 0) is 37.1 Å². The molecular weight excluding hydrogens is 333 g/mol. The molecule has 4 heteroatoms. The lowest BCUT2D eigenvalue weighted by Crippen LogP contribution is -2.24. The third-order valence-corrected chi connectivity index (χ3v) is 4.40. The molecule has 0 aliphatic carbocycles. The molecule has 0 spiro atoms. The van der Waals surface area contributed by atoms with E-state index in [1.54, 1.807) is 6.07 Å². The molecular formula is C17H17BrFNO. The maximum Gasteiger partial charge on any atom is 0.128 e. The van der Waals surface area contributed by atoms with Gasteiger partial charge in [-0.3, -0.25) is 0 Å². The molecule has 0 saturated carbocycles. The van der Waals surface area contributed by atoms with Crippen LogP contribution in [-0.2, 0) is 6.54 Å². The monoisotopic (exact) mass is 349 g/mol. The van der Waals surface area contributed by atoms with Gasteiger partial charge in [-0.1, -0.05) is 34.1 Å². The molecule has 0 aromatic heterocycles. The average molecular weight is 350 g/mol. The number of anilines is 1. The SMILES string of the molecule is OC1CCCN(Cc2cc(Br)ccc2F)c2ccccc21. The predicted molar refractivity (Wildman–Crippen MR) is 85.8 cm³/mol. The summed E-state index contributed by atoms with van der Waals surface area (Å²) < 4.78 is 14.9. The number of aliphatic hydroxyl groups excluding tert-OH is 1. The van der Waals surface area contributed by atoms with Crippen molar-refractivity contribution in [3.05, 3.63) is 63.9 Å². The van der Waals surface area contributed by atoms with Crippen molar-refractivity contribution in [3.63, 3.8) is 0 Å². The van der Waals surface area contributed by atoms with Gasteiger partial charge >= 0.3 is 0 Å². The minimum Gasteiger partial charge on any atom is -0.388 e. The molecule has 2 nitrogen and oxygen atoms in total. The fourth-order valence-corrected chi connectivity index (χ4v) is 3.25. The first-order valence-corrected chi connectivity index (χ1v) is 7.90. The fourth-order valence-electron chi connectivity index (χ4n) is 2.84. The zero-order chi connectivity index (χ0) is 14.8. The number of halogens is 2. The van der Waals surface area contributed by atoms with Crippen molar-refractivity contribution in [1.82, 2.24) is 0 Å². The predicted octanol–water partition coefficient (Wildman–Crippen LogP) is 4.42. The summed E-state index contributed by atoms with van der Waals surface area (Å²) in [5.74, 6) is -0.194. The molecule has 0 fully saturated rings. The molecule has 21 heavy (non-hydrogen) atoms. The lowest BCUT2D eigenvalue weighted by molar-refractivity contribution is 0.168. The molecule has 0 radical (unpaired) electrons. The van der Waals surface area contributed by atoms with E-state index in [9.17, 15) is 9.50 Å². The second-order valence-corrected chi connectivity index (χ2v) is 6.29. The first-order chi connectivity index (χ1) is 10.1. The van der Waals surface area contributed by atoms with Crippen LogP contribution >= 0.6 is 15.9 Å². The summed E-state index contributed by atoms with van der Waals surface area (Å²) in [5, 5.41) is 10.2. The topological polar surface area (TPSA) is 23.5 Å². The van der Waals surface area contributed by atoms with Crippen molar-refractivity contribution in [1.29, 1.82) is 0 Å². The van der Waals surface area contributed by atoms with Crippen molar-refractivity contribution in [2.75, 3.05) is 11.4 Å². The summed E-state index contributed by atoms with van der Waals surface area (Å²) in [4.78, 5) is 2.15. The molecule has 110 valence electrons. The smallest absolute Gasteiger partial charge is 0.128 e. The number of para-hydroxylation sites is 1. The van der Waals surface area contributed by atoms with Crippen molar-refractivity contribution in [3.8, 4) is 0 Å². The molecule has 0 amide bonds. The molecule has 1 heterocycles. The second kappa shape index (κ2) is 6.16. The molecule has 1 aliphatic heterocycles. The summed E-state index contributed by atoms with van der Waals surface area (Å²) >= 11 is 3.39. The second-order valence-electron chi connectivity index (χ2n) is 5.37. The Morgan fingerprint density at radius 2 is 2.05 bits per heavy atom. The number of nitrogens with zero attached hydrogens (tertiary/aromatic N) is 1. The lowest BCUT2D eigenvalue weighted by Gasteiger charge is -2.25. The summed E-state index contributed by atoms with van der Waals surface area (Å²) in [7, 11) is 0. The van der Waals surface area contributed by atoms with Gasteiger partial charge in [0.1, 0.15) is 5.82 Å². The Balaban J connectivity index is 1.95. The van der Waals surface area contributed by atoms with Crippen LogP contribution in [0, 0.1) is 5.82 Å². The van der Waals surface area contributed by atoms with Gasteiger partial charge in [0, 0.05) is 34.4 Å². The number of hydrogen-bond donors (Lipinski definition) is 1. The molecule has 1 unspecified atom stereocenters. The van der Waals surface area contributed by atoms with E-state index in [1.807, 2.05) is 30.3 Å². The largest absolute Gasteiger partial charge is 0.388 e. The van der Waals surface area contributed by atoms with E-state index in [4.69, 9.17) is 0 Å². The first-order valence-electron chi connectivity index (χ1n) is 7.11. The van der Waals surface area contributed by atoms with Gasteiger partial charge in [0.2, 0.25) is 0 Å². The van der Waals surface area contributed by atoms with Crippen molar-refractivity contribution in [2.45, 2.75) is 25.5 Å². The van der Waals surface area contributed by atoms with Crippen molar-refractivity contribution >= 4 is 21.6 Å². The Labute approximate surface area is 132 Å². The molecule has 0 bridgehead atoms. The van der Waals surface area contributed by atoms with Crippen molar-refractivity contribution in [2.24, 2.45) is 0 Å². The van der Waals surface area contributed by atoms with E-state index in [0.29, 0.717) is 12.1 Å². The normalized spacial score (nSPS) is 18.2. The average Bonchev–Trinajstić information content (AvgIpc) is 2.64. The van der Waals surface area contributed by atoms with Crippen LogP contribution in [0.5, 0.6) is 0 Å². The fraction of sp³-hybridized carbons (Fsp3) is 0.294. The first kappa shape index (κ1) is 14.5. The molecule has 1 atom stereocenters. The maximum atomic E-state index is 14.0. The number of aliphatic hydroxyl groups is 1. The quantitative estimate of drug-likeness (QED) is 0.867. The van der Waals surface area contributed by atoms with Crippen LogP contribution in [-0.4, -0.2) is 11.7 Å². The molecule has 1 aliphatic rings. The van der Waals surface area contributed by atoms with Crippen LogP contribution < -0.4 is 4.90 Å². The third-order valence-electron chi connectivity index (χ3n) is 3.91. The van der Waals surface area contributed by atoms with Crippen LogP contribution in [0.15, 0.2) is 46.9 Å². The zero-order valence-electron chi connectivity index (χ0n) is 11.6. The van der Waals surface area contributed by atoms with Crippen LogP contribution in [0.4, 0.5) is 10.1 Å². The lowest BCUT2D eigenvalue weighted by atomic mass is 10.0. The van der Waals surface area contributed by atoms with E-state index in [1.165, 1.54) is 6.07 Å². The van der Waals surface area contributed by atoms with Crippen molar-refractivity contribution < 1.29 is 9.50 Å². The Kier molecular flexibility index (Phi) is 4.27. The van der Waals surface area contributed by atoms with Crippen LogP contribution in [0.25, 0.3) is 0 Å². The molecule has 3 rings (SSSR count). The zero-order valence-corrected chi connectivity index (χ0v) is 13.2. The van der Waals surface area contributed by atoms with Gasteiger partial charge in [-0.15, -0.1) is 0 Å². The Hall–Kier alpha value is -1.39. The molecule has 1 N–H and O–H groups in total. The maximum absolute atomic E-state index is 14.0. The summed E-state index contributed by atoms with van der Waals surface area (Å²) in [6, 6.07) is 12.9. The minimum atomic E-state index is -0.432. The molecule has 0 saturated heterocycles. The molecule has 2 aromatic rings. The molecule has 2 aromatic carbocycles. The number of rotatable bonds is 2. The van der Waals surface area contributed by atoms with Crippen LogP contribution in [0.2, 0.25) is 0 Å². The highest BCUT2D eigenvalue weighted by Gasteiger charge is 2.21. The van der Waals surface area contributed by atoms with E-state index in [0.717, 1.165) is 35.1 Å². The highest BCUT2D eigenvalue weighted by Crippen LogP contribution is 2.33. The van der Waals surface area contributed by atoms with E-state index in [-0.39, 0.29) is 5.82 Å². The Morgan fingerprint density at radius 1 is 1.24 bits per heavy atom. The summed E-state index contributed by atoms with van der Waals surface area (Å²) in [5.41, 5.74) is 2.60. The van der Waals surface area contributed by atoms with Gasteiger partial charge in [0.15, 0.2) is 0 Å². The van der Waals surface area contributed by atoms with Gasteiger partial charge in [0.05, 0.1) is 6.10 Å². The highest BCUT2D eigenvalue weighted by atomic mass is 79.9. The van der Waals surface area contributed by atoms with Gasteiger partial charge in [-0.25, -0.2) is 4.39 Å². The van der Waals surface area contributed by atoms with Crippen LogP contribution in [0.1, 0.15) is 30.1 Å². The summed E-state index contributed by atoms with van der Waals surface area (Å²) in [6.45, 7) is 1.33. The van der Waals surface area contributed by atoms with E-state index < -0.39 is 6.10 Å². The van der Waals surface area contributed by atoms with Gasteiger partial charge in [-0.2, -0.15) is 0 Å². The Bertz CT molecular complexity index is 646. The Morgan fingerprint density at radius 3 is 2.90 bits per heavy atom. The highest BCUT2D eigenvalue weighted by molar-refractivity contribution is 9.10. The van der Waals surface area contributed by atoms with E-state index in [2.05, 4.69) is 20.8 Å². The summed E-state index contributed by atoms with van der Waals surface area (Å²) in [6.07, 6.45) is 1.21. The number of hydrogen-bond acceptors (Lipinski definition) is 2.